The normalized spacial score (nSPS) is 19.6. The first-order chi connectivity index (χ1) is 11.5. The number of hydrogen-bond acceptors (Lipinski definition) is 7. The van der Waals surface area contributed by atoms with Crippen molar-refractivity contribution < 1.29 is 14.5 Å². The third-order valence-corrected chi connectivity index (χ3v) is 3.61. The topological polar surface area (TPSA) is 125 Å². The molecule has 1 aromatic rings. The van der Waals surface area contributed by atoms with E-state index in [1.54, 1.807) is 13.0 Å². The van der Waals surface area contributed by atoms with Gasteiger partial charge in [-0.1, -0.05) is 19.1 Å². The van der Waals surface area contributed by atoms with Crippen LogP contribution in [0.5, 0.6) is 0 Å². The number of nitriles is 1. The Bertz CT molecular complexity index is 751. The molecule has 8 nitrogen and oxygen atoms in total. The van der Waals surface area contributed by atoms with Crippen LogP contribution < -0.4 is 10.6 Å². The molecule has 124 valence electrons. The zero-order chi connectivity index (χ0) is 17.7. The molecule has 0 bridgehead atoms. The van der Waals surface area contributed by atoms with Crippen LogP contribution in [-0.2, 0) is 9.59 Å². The summed E-state index contributed by atoms with van der Waals surface area (Å²) in [7, 11) is 0. The molecule has 2 unspecified atom stereocenters. The van der Waals surface area contributed by atoms with Crippen LogP contribution in [0.1, 0.15) is 31.4 Å². The van der Waals surface area contributed by atoms with Crippen LogP contribution >= 0.6 is 0 Å². The van der Waals surface area contributed by atoms with Gasteiger partial charge in [-0.25, -0.2) is 0 Å². The summed E-state index contributed by atoms with van der Waals surface area (Å²) in [6, 6.07) is 7.08. The maximum atomic E-state index is 12.1. The van der Waals surface area contributed by atoms with Gasteiger partial charge >= 0.3 is 0 Å². The molecular weight excluding hydrogens is 312 g/mol. The minimum atomic E-state index is -0.967. The molecule has 0 fully saturated rings. The number of nitro groups is 1. The van der Waals surface area contributed by atoms with Crippen molar-refractivity contribution in [3.05, 3.63) is 51.7 Å². The van der Waals surface area contributed by atoms with Crippen LogP contribution in [0.4, 0.5) is 5.69 Å². The fourth-order valence-electron chi connectivity index (χ4n) is 2.41. The number of carbonyl (C=O) groups is 2. The lowest BCUT2D eigenvalue weighted by atomic mass is 9.96. The number of ketones is 2. The lowest BCUT2D eigenvalue weighted by molar-refractivity contribution is -0.384. The number of nitrogens with zero attached hydrogens (tertiary/aromatic N) is 2. The van der Waals surface area contributed by atoms with Crippen LogP contribution in [0.15, 0.2) is 36.0 Å². The fraction of sp³-hybridized carbons (Fsp3) is 0.312. The first kappa shape index (κ1) is 17.3. The summed E-state index contributed by atoms with van der Waals surface area (Å²) < 4.78 is 0. The Morgan fingerprint density at radius 2 is 2.17 bits per heavy atom. The van der Waals surface area contributed by atoms with Crippen molar-refractivity contribution in [2.24, 2.45) is 0 Å². The zero-order valence-electron chi connectivity index (χ0n) is 13.0. The van der Waals surface area contributed by atoms with E-state index in [2.05, 4.69) is 10.6 Å². The van der Waals surface area contributed by atoms with Gasteiger partial charge in [-0.15, -0.1) is 0 Å². The van der Waals surface area contributed by atoms with E-state index in [1.165, 1.54) is 24.4 Å². The summed E-state index contributed by atoms with van der Waals surface area (Å²) in [6.45, 7) is 1.80. The van der Waals surface area contributed by atoms with E-state index in [4.69, 9.17) is 0 Å². The highest BCUT2D eigenvalue weighted by Gasteiger charge is 2.32. The lowest BCUT2D eigenvalue weighted by Gasteiger charge is -2.29. The molecule has 8 heteroatoms. The molecule has 2 atom stereocenters. The summed E-state index contributed by atoms with van der Waals surface area (Å²) >= 11 is 0. The van der Waals surface area contributed by atoms with Crippen molar-refractivity contribution in [1.82, 2.24) is 10.6 Å². The molecule has 0 saturated carbocycles. The number of rotatable bonds is 6. The first-order valence-electron chi connectivity index (χ1n) is 7.41. The monoisotopic (exact) mass is 328 g/mol. The zero-order valence-corrected chi connectivity index (χ0v) is 13.0. The lowest BCUT2D eigenvalue weighted by Crippen LogP contribution is -2.53. The van der Waals surface area contributed by atoms with Crippen LogP contribution in [0.25, 0.3) is 0 Å². The van der Waals surface area contributed by atoms with Crippen molar-refractivity contribution in [1.29, 1.82) is 5.26 Å². The van der Waals surface area contributed by atoms with Gasteiger partial charge in [0.1, 0.15) is 6.17 Å². The minimum absolute atomic E-state index is 0.116. The molecular formula is C16H16N4O4. The maximum absolute atomic E-state index is 12.1. The number of non-ortho nitro benzene ring substituents is 1. The average molecular weight is 328 g/mol. The molecule has 1 heterocycles. The van der Waals surface area contributed by atoms with Gasteiger partial charge in [-0.2, -0.15) is 5.26 Å². The van der Waals surface area contributed by atoms with Crippen LogP contribution in [0.2, 0.25) is 0 Å². The SMILES string of the molecule is CCCC(=O)C(=O)C1NC=C(C#N)C(c2cccc([N+](=O)[O-])c2)N1. The molecule has 0 amide bonds. The maximum Gasteiger partial charge on any atom is 0.269 e. The van der Waals surface area contributed by atoms with Crippen molar-refractivity contribution >= 4 is 17.3 Å². The second-order valence-electron chi connectivity index (χ2n) is 5.30. The third-order valence-electron chi connectivity index (χ3n) is 3.61. The van der Waals surface area contributed by atoms with Gasteiger partial charge in [-0.3, -0.25) is 25.0 Å². The highest BCUT2D eigenvalue weighted by molar-refractivity contribution is 6.39. The molecule has 0 saturated heterocycles. The molecule has 0 aliphatic carbocycles. The molecule has 1 aromatic carbocycles. The number of nitro benzene ring substituents is 1. The average Bonchev–Trinajstić information content (AvgIpc) is 2.60. The molecule has 2 N–H and O–H groups in total. The summed E-state index contributed by atoms with van der Waals surface area (Å²) in [5.41, 5.74) is 0.622. The quantitative estimate of drug-likeness (QED) is 0.460. The van der Waals surface area contributed by atoms with E-state index in [0.29, 0.717) is 12.0 Å². The van der Waals surface area contributed by atoms with E-state index in [1.807, 2.05) is 6.07 Å². The Labute approximate surface area is 138 Å². The Hall–Kier alpha value is -3.05. The molecule has 2 rings (SSSR count). The predicted octanol–water partition coefficient (Wildman–Crippen LogP) is 1.50. The van der Waals surface area contributed by atoms with Crippen LogP contribution in [0.3, 0.4) is 0 Å². The molecule has 1 aliphatic heterocycles. The molecule has 0 aromatic heterocycles. The van der Waals surface area contributed by atoms with E-state index < -0.39 is 28.7 Å². The Morgan fingerprint density at radius 3 is 2.79 bits per heavy atom. The van der Waals surface area contributed by atoms with Crippen molar-refractivity contribution in [2.45, 2.75) is 32.0 Å². The van der Waals surface area contributed by atoms with Crippen molar-refractivity contribution in [2.75, 3.05) is 0 Å². The molecule has 0 spiro atoms. The summed E-state index contributed by atoms with van der Waals surface area (Å²) in [4.78, 5) is 34.3. The fourth-order valence-corrected chi connectivity index (χ4v) is 2.41. The van der Waals surface area contributed by atoms with Crippen molar-refractivity contribution in [3.8, 4) is 6.07 Å². The Kier molecular flexibility index (Phi) is 5.39. The molecule has 0 radical (unpaired) electrons. The summed E-state index contributed by atoms with van der Waals surface area (Å²) in [5.74, 6) is -1.13. The number of nitrogens with one attached hydrogen (secondary N) is 2. The number of hydrogen-bond donors (Lipinski definition) is 2. The van der Waals surface area contributed by atoms with Crippen LogP contribution in [-0.4, -0.2) is 22.7 Å². The highest BCUT2D eigenvalue weighted by Crippen LogP contribution is 2.26. The summed E-state index contributed by atoms with van der Waals surface area (Å²) in [5, 5.41) is 25.7. The van der Waals surface area contributed by atoms with E-state index in [9.17, 15) is 25.0 Å². The first-order valence-corrected chi connectivity index (χ1v) is 7.41. The summed E-state index contributed by atoms with van der Waals surface area (Å²) in [6.07, 6.45) is 1.10. The van der Waals surface area contributed by atoms with Gasteiger partial charge in [0.2, 0.25) is 11.6 Å². The number of benzene rings is 1. The minimum Gasteiger partial charge on any atom is -0.368 e. The van der Waals surface area contributed by atoms with Gasteiger partial charge in [0.05, 0.1) is 22.6 Å². The Balaban J connectivity index is 2.30. The number of Topliss-reactive ketones (excluding diaryl/α,β-unsaturated/α-hetero) is 2. The molecule has 24 heavy (non-hydrogen) atoms. The van der Waals surface area contributed by atoms with Crippen LogP contribution in [0, 0.1) is 21.4 Å². The predicted molar refractivity (Wildman–Crippen MR) is 84.5 cm³/mol. The highest BCUT2D eigenvalue weighted by atomic mass is 16.6. The molecule has 1 aliphatic rings. The standard InChI is InChI=1S/C16H16N4O4/c1-2-4-13(21)15(22)16-18-9-11(8-17)14(19-16)10-5-3-6-12(7-10)20(23)24/h3,5-7,9,14,16,18-19H,2,4H2,1H3. The van der Waals surface area contributed by atoms with E-state index in [-0.39, 0.29) is 17.7 Å². The van der Waals surface area contributed by atoms with Gasteiger partial charge in [-0.05, 0) is 12.0 Å². The van der Waals surface area contributed by atoms with Gasteiger partial charge < -0.3 is 5.32 Å². The van der Waals surface area contributed by atoms with Crippen molar-refractivity contribution in [3.63, 3.8) is 0 Å². The smallest absolute Gasteiger partial charge is 0.269 e. The largest absolute Gasteiger partial charge is 0.368 e. The van der Waals surface area contributed by atoms with Gasteiger partial charge in [0.25, 0.3) is 5.69 Å². The second-order valence-corrected chi connectivity index (χ2v) is 5.30. The van der Waals surface area contributed by atoms with E-state index in [0.717, 1.165) is 0 Å². The van der Waals surface area contributed by atoms with Gasteiger partial charge in [0.15, 0.2) is 0 Å². The number of carbonyl (C=O) groups excluding carboxylic acids is 2. The second kappa shape index (κ2) is 7.48. The van der Waals surface area contributed by atoms with E-state index >= 15 is 0 Å². The Morgan fingerprint density at radius 1 is 1.42 bits per heavy atom. The van der Waals surface area contributed by atoms with Gasteiger partial charge in [0, 0.05) is 24.8 Å². The third kappa shape index (κ3) is 3.64.